The lowest BCUT2D eigenvalue weighted by atomic mass is 9.98. The summed E-state index contributed by atoms with van der Waals surface area (Å²) in [4.78, 5) is 22.3. The highest BCUT2D eigenvalue weighted by molar-refractivity contribution is 5.83. The number of nitro benzene ring substituents is 1. The van der Waals surface area contributed by atoms with Gasteiger partial charge in [-0.15, -0.1) is 0 Å². The van der Waals surface area contributed by atoms with Crippen molar-refractivity contribution in [1.82, 2.24) is 5.32 Å². The molecule has 3 unspecified atom stereocenters. The van der Waals surface area contributed by atoms with Crippen molar-refractivity contribution in [3.63, 3.8) is 0 Å². The SMILES string of the molecule is CC(C(=O)NC(C)C(C)CO)c1cccc([N+](=O)[O-])c1. The second kappa shape index (κ2) is 7.00. The first-order valence-electron chi connectivity index (χ1n) is 6.52. The molecule has 0 bridgehead atoms. The number of nitrogens with one attached hydrogen (secondary N) is 1. The first-order chi connectivity index (χ1) is 9.36. The molecule has 0 radical (unpaired) electrons. The zero-order chi connectivity index (χ0) is 15.3. The Bertz CT molecular complexity index is 490. The third-order valence-corrected chi connectivity index (χ3v) is 3.49. The van der Waals surface area contributed by atoms with E-state index in [2.05, 4.69) is 5.32 Å². The molecule has 6 nitrogen and oxygen atoms in total. The minimum absolute atomic E-state index is 0.00731. The van der Waals surface area contributed by atoms with Gasteiger partial charge in [-0.3, -0.25) is 14.9 Å². The third-order valence-electron chi connectivity index (χ3n) is 3.49. The normalized spacial score (nSPS) is 15.2. The van der Waals surface area contributed by atoms with Crippen molar-refractivity contribution in [1.29, 1.82) is 0 Å². The van der Waals surface area contributed by atoms with Crippen LogP contribution in [-0.4, -0.2) is 28.6 Å². The minimum atomic E-state index is -0.483. The molecule has 3 atom stereocenters. The Morgan fingerprint density at radius 3 is 2.60 bits per heavy atom. The predicted octanol–water partition coefficient (Wildman–Crippen LogP) is 1.83. The van der Waals surface area contributed by atoms with E-state index in [1.54, 1.807) is 19.1 Å². The fourth-order valence-corrected chi connectivity index (χ4v) is 1.71. The number of aliphatic hydroxyl groups is 1. The summed E-state index contributed by atoms with van der Waals surface area (Å²) in [7, 11) is 0. The minimum Gasteiger partial charge on any atom is -0.396 e. The highest BCUT2D eigenvalue weighted by Gasteiger charge is 2.21. The molecule has 6 heteroatoms. The molecule has 110 valence electrons. The lowest BCUT2D eigenvalue weighted by Crippen LogP contribution is -2.40. The molecule has 0 aliphatic rings. The van der Waals surface area contributed by atoms with Crippen LogP contribution in [0.5, 0.6) is 0 Å². The molecule has 0 aromatic heterocycles. The van der Waals surface area contributed by atoms with Crippen LogP contribution in [-0.2, 0) is 4.79 Å². The van der Waals surface area contributed by atoms with Crippen LogP contribution in [0.15, 0.2) is 24.3 Å². The Labute approximate surface area is 118 Å². The third kappa shape index (κ3) is 4.03. The quantitative estimate of drug-likeness (QED) is 0.614. The van der Waals surface area contributed by atoms with Gasteiger partial charge >= 0.3 is 0 Å². The number of non-ortho nitro benzene ring substituents is 1. The smallest absolute Gasteiger partial charge is 0.269 e. The van der Waals surface area contributed by atoms with Gasteiger partial charge in [0.1, 0.15) is 0 Å². The van der Waals surface area contributed by atoms with Gasteiger partial charge in [-0.05, 0) is 25.3 Å². The molecule has 0 heterocycles. The van der Waals surface area contributed by atoms with E-state index in [1.165, 1.54) is 12.1 Å². The zero-order valence-corrected chi connectivity index (χ0v) is 11.9. The fourth-order valence-electron chi connectivity index (χ4n) is 1.71. The van der Waals surface area contributed by atoms with Gasteiger partial charge < -0.3 is 10.4 Å². The standard InChI is InChI=1S/C14H20N2O4/c1-9(8-17)11(3)15-14(18)10(2)12-5-4-6-13(7-12)16(19)20/h4-7,9-11,17H,8H2,1-3H3,(H,15,18). The van der Waals surface area contributed by atoms with Gasteiger partial charge in [0.2, 0.25) is 5.91 Å². The van der Waals surface area contributed by atoms with Crippen LogP contribution in [0.4, 0.5) is 5.69 Å². The second-order valence-corrected chi connectivity index (χ2v) is 5.03. The number of carbonyl (C=O) groups excluding carboxylic acids is 1. The monoisotopic (exact) mass is 280 g/mol. The zero-order valence-electron chi connectivity index (χ0n) is 11.9. The Hall–Kier alpha value is -1.95. The second-order valence-electron chi connectivity index (χ2n) is 5.03. The molecule has 0 fully saturated rings. The Morgan fingerprint density at radius 2 is 2.05 bits per heavy atom. The van der Waals surface area contributed by atoms with Gasteiger partial charge in [-0.25, -0.2) is 0 Å². The summed E-state index contributed by atoms with van der Waals surface area (Å²) in [5, 5.41) is 22.6. The highest BCUT2D eigenvalue weighted by atomic mass is 16.6. The number of aliphatic hydroxyl groups excluding tert-OH is 1. The van der Waals surface area contributed by atoms with Crippen LogP contribution >= 0.6 is 0 Å². The van der Waals surface area contributed by atoms with Crippen molar-refractivity contribution in [3.8, 4) is 0 Å². The first kappa shape index (κ1) is 16.1. The van der Waals surface area contributed by atoms with Gasteiger partial charge in [0.05, 0.1) is 10.8 Å². The number of nitrogens with zero attached hydrogens (tertiary/aromatic N) is 1. The van der Waals surface area contributed by atoms with Crippen LogP contribution < -0.4 is 5.32 Å². The number of hydrogen-bond acceptors (Lipinski definition) is 4. The van der Waals surface area contributed by atoms with E-state index in [1.807, 2.05) is 13.8 Å². The van der Waals surface area contributed by atoms with E-state index in [0.29, 0.717) is 5.56 Å². The van der Waals surface area contributed by atoms with E-state index in [-0.39, 0.29) is 30.2 Å². The van der Waals surface area contributed by atoms with Crippen LogP contribution in [0.1, 0.15) is 32.3 Å². The average molecular weight is 280 g/mol. The molecule has 1 aromatic carbocycles. The number of amides is 1. The lowest BCUT2D eigenvalue weighted by molar-refractivity contribution is -0.384. The van der Waals surface area contributed by atoms with Crippen molar-refractivity contribution in [3.05, 3.63) is 39.9 Å². The molecule has 0 aliphatic carbocycles. The summed E-state index contributed by atoms with van der Waals surface area (Å²) >= 11 is 0. The molecule has 2 N–H and O–H groups in total. The fraction of sp³-hybridized carbons (Fsp3) is 0.500. The molecule has 1 rings (SSSR count). The molecule has 1 amide bonds. The van der Waals surface area contributed by atoms with Crippen molar-refractivity contribution in [2.75, 3.05) is 6.61 Å². The number of carbonyl (C=O) groups is 1. The summed E-state index contributed by atoms with van der Waals surface area (Å²) in [6, 6.07) is 5.90. The van der Waals surface area contributed by atoms with Crippen molar-refractivity contribution in [2.45, 2.75) is 32.7 Å². The van der Waals surface area contributed by atoms with Crippen LogP contribution in [0, 0.1) is 16.0 Å². The molecular formula is C14H20N2O4. The Morgan fingerprint density at radius 1 is 1.40 bits per heavy atom. The maximum absolute atomic E-state index is 12.1. The summed E-state index contributed by atoms with van der Waals surface area (Å²) in [5.41, 5.74) is 0.569. The average Bonchev–Trinajstić information content (AvgIpc) is 2.45. The predicted molar refractivity (Wildman–Crippen MR) is 75.4 cm³/mol. The van der Waals surface area contributed by atoms with Crippen molar-refractivity contribution >= 4 is 11.6 Å². The summed E-state index contributed by atoms with van der Waals surface area (Å²) in [6.45, 7) is 5.35. The summed E-state index contributed by atoms with van der Waals surface area (Å²) in [6.07, 6.45) is 0. The first-order valence-corrected chi connectivity index (χ1v) is 6.52. The molecule has 0 spiro atoms. The number of benzene rings is 1. The maximum Gasteiger partial charge on any atom is 0.269 e. The molecule has 20 heavy (non-hydrogen) atoms. The van der Waals surface area contributed by atoms with Gasteiger partial charge in [0, 0.05) is 24.8 Å². The van der Waals surface area contributed by atoms with E-state index in [9.17, 15) is 14.9 Å². The highest BCUT2D eigenvalue weighted by Crippen LogP contribution is 2.21. The van der Waals surface area contributed by atoms with Gasteiger partial charge in [0.15, 0.2) is 0 Å². The Balaban J connectivity index is 2.79. The van der Waals surface area contributed by atoms with Crippen LogP contribution in [0.2, 0.25) is 0 Å². The van der Waals surface area contributed by atoms with E-state index < -0.39 is 10.8 Å². The lowest BCUT2D eigenvalue weighted by Gasteiger charge is -2.21. The molecule has 0 saturated carbocycles. The maximum atomic E-state index is 12.1. The number of rotatable bonds is 6. The van der Waals surface area contributed by atoms with Gasteiger partial charge in [-0.1, -0.05) is 19.1 Å². The molecular weight excluding hydrogens is 260 g/mol. The topological polar surface area (TPSA) is 92.5 Å². The Kier molecular flexibility index (Phi) is 5.64. The number of hydrogen-bond donors (Lipinski definition) is 2. The van der Waals surface area contributed by atoms with Crippen LogP contribution in [0.25, 0.3) is 0 Å². The summed E-state index contributed by atoms with van der Waals surface area (Å²) < 4.78 is 0. The van der Waals surface area contributed by atoms with Crippen molar-refractivity contribution in [2.24, 2.45) is 5.92 Å². The molecule has 1 aromatic rings. The summed E-state index contributed by atoms with van der Waals surface area (Å²) in [5.74, 6) is -0.738. The van der Waals surface area contributed by atoms with Gasteiger partial charge in [0.25, 0.3) is 5.69 Å². The number of nitro groups is 1. The van der Waals surface area contributed by atoms with Gasteiger partial charge in [-0.2, -0.15) is 0 Å². The van der Waals surface area contributed by atoms with Crippen LogP contribution in [0.3, 0.4) is 0 Å². The molecule has 0 saturated heterocycles. The van der Waals surface area contributed by atoms with E-state index >= 15 is 0 Å². The van der Waals surface area contributed by atoms with Crippen molar-refractivity contribution < 1.29 is 14.8 Å². The molecule has 0 aliphatic heterocycles. The largest absolute Gasteiger partial charge is 0.396 e. The van der Waals surface area contributed by atoms with E-state index in [0.717, 1.165) is 0 Å². The van der Waals surface area contributed by atoms with E-state index in [4.69, 9.17) is 5.11 Å².